The van der Waals surface area contributed by atoms with Crippen LogP contribution in [0.2, 0.25) is 0 Å². The maximum Gasteiger partial charge on any atom is 0.306 e. The first-order chi connectivity index (χ1) is 40.5. The fourth-order valence-corrected chi connectivity index (χ4v) is 10.8. The maximum atomic E-state index is 12.9. The molecular formula is C76H138O6. The Morgan fingerprint density at radius 3 is 0.683 bits per heavy atom. The van der Waals surface area contributed by atoms with Crippen molar-refractivity contribution in [1.29, 1.82) is 0 Å². The number of ether oxygens (including phenoxy) is 3. The van der Waals surface area contributed by atoms with Gasteiger partial charge in [-0.1, -0.05) is 338 Å². The lowest BCUT2D eigenvalue weighted by atomic mass is 10.0. The zero-order valence-corrected chi connectivity index (χ0v) is 55.0. The number of esters is 3. The Bertz CT molecular complexity index is 1460. The number of allylic oxidation sites excluding steroid dienone is 10. The predicted molar refractivity (Wildman–Crippen MR) is 358 cm³/mol. The van der Waals surface area contributed by atoms with Crippen LogP contribution in [-0.4, -0.2) is 37.2 Å². The van der Waals surface area contributed by atoms with Crippen molar-refractivity contribution < 1.29 is 28.6 Å². The van der Waals surface area contributed by atoms with E-state index in [0.29, 0.717) is 19.3 Å². The Morgan fingerprint density at radius 1 is 0.244 bits per heavy atom. The summed E-state index contributed by atoms with van der Waals surface area (Å²) in [6.07, 6.45) is 91.2. The Hall–Kier alpha value is -2.89. The van der Waals surface area contributed by atoms with Gasteiger partial charge in [-0.25, -0.2) is 0 Å². The van der Waals surface area contributed by atoms with Crippen molar-refractivity contribution in [2.24, 2.45) is 0 Å². The Kier molecular flexibility index (Phi) is 68.1. The molecule has 0 aromatic heterocycles. The molecule has 0 heterocycles. The van der Waals surface area contributed by atoms with Gasteiger partial charge in [-0.05, 0) is 89.9 Å². The molecule has 0 aliphatic carbocycles. The summed E-state index contributed by atoms with van der Waals surface area (Å²) in [5.74, 6) is -0.849. The Labute approximate surface area is 510 Å². The minimum absolute atomic E-state index is 0.0698. The van der Waals surface area contributed by atoms with Crippen LogP contribution in [0.15, 0.2) is 60.8 Å². The summed E-state index contributed by atoms with van der Waals surface area (Å²) in [6.45, 7) is 6.66. The van der Waals surface area contributed by atoms with Gasteiger partial charge in [0, 0.05) is 19.3 Å². The summed E-state index contributed by atoms with van der Waals surface area (Å²) in [5, 5.41) is 0. The minimum Gasteiger partial charge on any atom is -0.462 e. The smallest absolute Gasteiger partial charge is 0.306 e. The third kappa shape index (κ3) is 67.9. The van der Waals surface area contributed by atoms with E-state index in [-0.39, 0.29) is 31.1 Å². The van der Waals surface area contributed by atoms with E-state index < -0.39 is 6.10 Å². The molecule has 0 aliphatic heterocycles. The average molecular weight is 1150 g/mol. The molecule has 0 saturated heterocycles. The zero-order chi connectivity index (χ0) is 59.2. The highest BCUT2D eigenvalue weighted by molar-refractivity contribution is 5.71. The third-order valence-electron chi connectivity index (χ3n) is 16.2. The lowest BCUT2D eigenvalue weighted by molar-refractivity contribution is -0.167. The summed E-state index contributed by atoms with van der Waals surface area (Å²) >= 11 is 0. The number of rotatable bonds is 67. The van der Waals surface area contributed by atoms with Gasteiger partial charge >= 0.3 is 17.9 Å². The molecule has 0 aromatic rings. The van der Waals surface area contributed by atoms with E-state index in [0.717, 1.165) is 77.0 Å². The molecule has 0 spiro atoms. The van der Waals surface area contributed by atoms with Crippen molar-refractivity contribution in [3.63, 3.8) is 0 Å². The van der Waals surface area contributed by atoms with Crippen molar-refractivity contribution >= 4 is 17.9 Å². The first-order valence-corrected chi connectivity index (χ1v) is 36.3. The summed E-state index contributed by atoms with van der Waals surface area (Å²) in [5.41, 5.74) is 0. The molecule has 478 valence electrons. The average Bonchev–Trinajstić information content (AvgIpc) is 3.48. The van der Waals surface area contributed by atoms with E-state index in [4.69, 9.17) is 14.2 Å². The van der Waals surface area contributed by atoms with Crippen molar-refractivity contribution in [2.45, 2.75) is 393 Å². The minimum atomic E-state index is -0.773. The molecule has 1 unspecified atom stereocenters. The highest BCUT2D eigenvalue weighted by Gasteiger charge is 2.19. The molecule has 0 aliphatic rings. The first kappa shape index (κ1) is 79.1. The summed E-state index contributed by atoms with van der Waals surface area (Å²) < 4.78 is 17.0. The summed E-state index contributed by atoms with van der Waals surface area (Å²) in [7, 11) is 0. The van der Waals surface area contributed by atoms with Gasteiger partial charge in [-0.15, -0.1) is 0 Å². The maximum absolute atomic E-state index is 12.9. The van der Waals surface area contributed by atoms with E-state index in [2.05, 4.69) is 81.5 Å². The highest BCUT2D eigenvalue weighted by atomic mass is 16.6. The number of hydrogen-bond acceptors (Lipinski definition) is 6. The van der Waals surface area contributed by atoms with Crippen LogP contribution in [-0.2, 0) is 28.6 Å². The molecule has 82 heavy (non-hydrogen) atoms. The second-order valence-electron chi connectivity index (χ2n) is 24.5. The van der Waals surface area contributed by atoms with Crippen LogP contribution in [0.25, 0.3) is 0 Å². The van der Waals surface area contributed by atoms with Gasteiger partial charge < -0.3 is 14.2 Å². The van der Waals surface area contributed by atoms with Crippen LogP contribution in [0.5, 0.6) is 0 Å². The summed E-state index contributed by atoms with van der Waals surface area (Å²) in [4.78, 5) is 38.4. The number of unbranched alkanes of at least 4 members (excludes halogenated alkanes) is 46. The number of hydrogen-bond donors (Lipinski definition) is 0. The van der Waals surface area contributed by atoms with E-state index in [9.17, 15) is 14.4 Å². The lowest BCUT2D eigenvalue weighted by Gasteiger charge is -2.18. The van der Waals surface area contributed by atoms with Gasteiger partial charge in [0.15, 0.2) is 6.10 Å². The molecule has 0 radical (unpaired) electrons. The van der Waals surface area contributed by atoms with Gasteiger partial charge in [0.05, 0.1) is 0 Å². The molecule has 0 saturated carbocycles. The number of carbonyl (C=O) groups is 3. The quantitative estimate of drug-likeness (QED) is 0.0261. The normalized spacial score (nSPS) is 12.4. The van der Waals surface area contributed by atoms with Gasteiger partial charge in [0.25, 0.3) is 0 Å². The molecule has 0 aromatic carbocycles. The molecule has 1 atom stereocenters. The monoisotopic (exact) mass is 1150 g/mol. The van der Waals surface area contributed by atoms with Crippen LogP contribution in [0.1, 0.15) is 387 Å². The molecule has 6 nitrogen and oxygen atoms in total. The fourth-order valence-electron chi connectivity index (χ4n) is 10.8. The van der Waals surface area contributed by atoms with E-state index in [1.54, 1.807) is 0 Å². The van der Waals surface area contributed by atoms with Gasteiger partial charge in [-0.3, -0.25) is 14.4 Å². The zero-order valence-electron chi connectivity index (χ0n) is 55.0. The van der Waals surface area contributed by atoms with Gasteiger partial charge in [-0.2, -0.15) is 0 Å². The Morgan fingerprint density at radius 2 is 0.439 bits per heavy atom. The molecule has 0 amide bonds. The lowest BCUT2D eigenvalue weighted by Crippen LogP contribution is -2.30. The Balaban J connectivity index is 4.15. The van der Waals surface area contributed by atoms with Crippen molar-refractivity contribution in [3.8, 4) is 0 Å². The first-order valence-electron chi connectivity index (χ1n) is 36.3. The van der Waals surface area contributed by atoms with E-state index in [1.165, 1.54) is 270 Å². The van der Waals surface area contributed by atoms with Crippen LogP contribution in [0, 0.1) is 0 Å². The second-order valence-corrected chi connectivity index (χ2v) is 24.5. The summed E-state index contributed by atoms with van der Waals surface area (Å²) in [6, 6.07) is 0. The third-order valence-corrected chi connectivity index (χ3v) is 16.2. The van der Waals surface area contributed by atoms with Crippen LogP contribution >= 0.6 is 0 Å². The topological polar surface area (TPSA) is 78.9 Å². The van der Waals surface area contributed by atoms with E-state index >= 15 is 0 Å². The highest BCUT2D eigenvalue weighted by Crippen LogP contribution is 2.18. The van der Waals surface area contributed by atoms with Crippen molar-refractivity contribution in [2.75, 3.05) is 13.2 Å². The van der Waals surface area contributed by atoms with Crippen LogP contribution in [0.4, 0.5) is 0 Å². The second kappa shape index (κ2) is 70.6. The molecular weight excluding hydrogens is 1010 g/mol. The van der Waals surface area contributed by atoms with E-state index in [1.807, 2.05) is 0 Å². The van der Waals surface area contributed by atoms with Gasteiger partial charge in [0.2, 0.25) is 0 Å². The van der Waals surface area contributed by atoms with Crippen molar-refractivity contribution in [1.82, 2.24) is 0 Å². The standard InChI is InChI=1S/C76H138O6/c1-4-7-10-13-16-19-22-24-26-28-30-32-34-36-37-38-39-41-42-44-46-48-50-52-54-57-60-63-66-69-75(78)81-72-73(71-80-74(77)68-65-62-59-56-21-18-15-12-9-6-3)82-76(79)70-67-64-61-58-55-53-51-49-47-45-43-40-35-33-31-29-27-25-23-20-17-14-11-8-5-2/h22-25,28-31,34,36,73H,4-21,26-27,32-33,35,37-72H2,1-3H3/b24-22-,25-23-,30-28-,31-29-,36-34-. The molecule has 0 N–H and O–H groups in total. The molecule has 6 heteroatoms. The fraction of sp³-hybridized carbons (Fsp3) is 0.829. The largest absolute Gasteiger partial charge is 0.462 e. The molecule has 0 rings (SSSR count). The van der Waals surface area contributed by atoms with Crippen LogP contribution < -0.4 is 0 Å². The van der Waals surface area contributed by atoms with Crippen LogP contribution in [0.3, 0.4) is 0 Å². The van der Waals surface area contributed by atoms with Crippen molar-refractivity contribution in [3.05, 3.63) is 60.8 Å². The predicted octanol–water partition coefficient (Wildman–Crippen LogP) is 25.1. The number of carbonyl (C=O) groups excluding carboxylic acids is 3. The SMILES string of the molecule is CCCCCCC/C=C\C/C=C\C/C=C\CCCCCCCCCCCCCCCCC(=O)OCC(COC(=O)CCCCCCCCCCCC)OC(=O)CCCCCCCCCCCCCCC/C=C\C/C=C\CCCCCCC. The van der Waals surface area contributed by atoms with Gasteiger partial charge in [0.1, 0.15) is 13.2 Å². The molecule has 0 fully saturated rings. The molecule has 0 bridgehead atoms.